The van der Waals surface area contributed by atoms with Gasteiger partial charge in [-0.1, -0.05) is 17.7 Å². The van der Waals surface area contributed by atoms with Crippen LogP contribution in [0.15, 0.2) is 30.3 Å². The average Bonchev–Trinajstić information content (AvgIpc) is 2.43. The maximum Gasteiger partial charge on any atom is 0.130 e. The zero-order valence-corrected chi connectivity index (χ0v) is 12.4. The van der Waals surface area contributed by atoms with E-state index in [1.807, 2.05) is 0 Å². The summed E-state index contributed by atoms with van der Waals surface area (Å²) < 4.78 is 41.1. The van der Waals surface area contributed by atoms with Gasteiger partial charge in [-0.3, -0.25) is 0 Å². The maximum absolute atomic E-state index is 14.0. The molecule has 2 aromatic rings. The van der Waals surface area contributed by atoms with Gasteiger partial charge in [0.25, 0.3) is 0 Å². The molecule has 0 fully saturated rings. The molecule has 1 atom stereocenters. The van der Waals surface area contributed by atoms with E-state index in [1.54, 1.807) is 20.0 Å². The molecule has 112 valence electrons. The molecule has 5 heteroatoms. The average molecular weight is 314 g/mol. The molecule has 0 amide bonds. The Balaban J connectivity index is 2.39. The van der Waals surface area contributed by atoms with E-state index in [1.165, 1.54) is 18.2 Å². The minimum absolute atomic E-state index is 0.171. The van der Waals surface area contributed by atoms with Crippen LogP contribution in [0.1, 0.15) is 22.7 Å². The highest BCUT2D eigenvalue weighted by atomic mass is 35.5. The molecular weight excluding hydrogens is 299 g/mol. The number of halogens is 4. The second-order valence-corrected chi connectivity index (χ2v) is 5.28. The molecule has 0 saturated heterocycles. The molecule has 0 aliphatic rings. The van der Waals surface area contributed by atoms with Crippen LogP contribution < -0.4 is 5.32 Å². The Morgan fingerprint density at radius 1 is 1.10 bits per heavy atom. The monoisotopic (exact) mass is 313 g/mol. The summed E-state index contributed by atoms with van der Waals surface area (Å²) in [6.07, 6.45) is 0.171. The Morgan fingerprint density at radius 2 is 1.81 bits per heavy atom. The Kier molecular flexibility index (Phi) is 4.91. The highest BCUT2D eigenvalue weighted by molar-refractivity contribution is 6.31. The number of aryl methyl sites for hydroxylation is 1. The van der Waals surface area contributed by atoms with Crippen LogP contribution in [0.25, 0.3) is 0 Å². The fourth-order valence-corrected chi connectivity index (χ4v) is 2.49. The molecule has 0 heterocycles. The lowest BCUT2D eigenvalue weighted by Gasteiger charge is -2.19. The predicted molar refractivity (Wildman–Crippen MR) is 78.0 cm³/mol. The van der Waals surface area contributed by atoms with Gasteiger partial charge in [0, 0.05) is 28.3 Å². The molecule has 2 rings (SSSR count). The number of hydrogen-bond acceptors (Lipinski definition) is 1. The number of benzene rings is 2. The van der Waals surface area contributed by atoms with Gasteiger partial charge >= 0.3 is 0 Å². The first-order valence-electron chi connectivity index (χ1n) is 6.49. The maximum atomic E-state index is 14.0. The third-order valence-electron chi connectivity index (χ3n) is 3.47. The van der Waals surface area contributed by atoms with Crippen LogP contribution in [0, 0.1) is 24.4 Å². The molecule has 0 radical (unpaired) electrons. The fraction of sp³-hybridized carbons (Fsp3) is 0.250. The van der Waals surface area contributed by atoms with Gasteiger partial charge in [-0.2, -0.15) is 0 Å². The molecule has 2 aromatic carbocycles. The Hall–Kier alpha value is -1.52. The van der Waals surface area contributed by atoms with Crippen LogP contribution >= 0.6 is 11.6 Å². The normalized spacial score (nSPS) is 12.5. The van der Waals surface area contributed by atoms with Crippen LogP contribution in [-0.4, -0.2) is 7.05 Å². The lowest BCUT2D eigenvalue weighted by Crippen LogP contribution is -2.21. The first-order chi connectivity index (χ1) is 9.93. The van der Waals surface area contributed by atoms with Gasteiger partial charge in [-0.15, -0.1) is 0 Å². The summed E-state index contributed by atoms with van der Waals surface area (Å²) in [5, 5.41) is 3.21. The van der Waals surface area contributed by atoms with Gasteiger partial charge in [-0.25, -0.2) is 13.2 Å². The third kappa shape index (κ3) is 3.39. The van der Waals surface area contributed by atoms with E-state index in [-0.39, 0.29) is 17.0 Å². The quantitative estimate of drug-likeness (QED) is 0.872. The number of rotatable bonds is 4. The van der Waals surface area contributed by atoms with Crippen molar-refractivity contribution in [2.75, 3.05) is 7.05 Å². The van der Waals surface area contributed by atoms with Gasteiger partial charge in [0.2, 0.25) is 0 Å². The van der Waals surface area contributed by atoms with Crippen molar-refractivity contribution in [1.82, 2.24) is 5.32 Å². The summed E-state index contributed by atoms with van der Waals surface area (Å²) in [6, 6.07) is 6.18. The first kappa shape index (κ1) is 15.9. The smallest absolute Gasteiger partial charge is 0.130 e. The number of likely N-dealkylation sites (N-methyl/N-ethyl adjacent to an activating group) is 1. The van der Waals surface area contributed by atoms with Crippen molar-refractivity contribution in [3.8, 4) is 0 Å². The second kappa shape index (κ2) is 6.50. The first-order valence-corrected chi connectivity index (χ1v) is 6.87. The van der Waals surface area contributed by atoms with Crippen molar-refractivity contribution >= 4 is 11.6 Å². The van der Waals surface area contributed by atoms with E-state index in [9.17, 15) is 13.2 Å². The molecule has 21 heavy (non-hydrogen) atoms. The van der Waals surface area contributed by atoms with Crippen LogP contribution in [0.4, 0.5) is 13.2 Å². The molecule has 0 spiro atoms. The lowest BCUT2D eigenvalue weighted by atomic mass is 9.96. The summed E-state index contributed by atoms with van der Waals surface area (Å²) in [6.45, 7) is 1.56. The highest BCUT2D eigenvalue weighted by Crippen LogP contribution is 2.28. The van der Waals surface area contributed by atoms with E-state index in [0.717, 1.165) is 6.07 Å². The zero-order chi connectivity index (χ0) is 15.6. The second-order valence-electron chi connectivity index (χ2n) is 4.87. The van der Waals surface area contributed by atoms with Crippen molar-refractivity contribution in [2.45, 2.75) is 19.4 Å². The Labute approximate surface area is 126 Å². The summed E-state index contributed by atoms with van der Waals surface area (Å²) in [5.41, 5.74) is 0.932. The van der Waals surface area contributed by atoms with Crippen LogP contribution in [0.2, 0.25) is 5.02 Å². The van der Waals surface area contributed by atoms with Gasteiger partial charge in [0.1, 0.15) is 17.5 Å². The predicted octanol–water partition coefficient (Wildman–Crippen LogP) is 4.57. The summed E-state index contributed by atoms with van der Waals surface area (Å²) in [4.78, 5) is 0. The van der Waals surface area contributed by atoms with Gasteiger partial charge in [0.05, 0.1) is 0 Å². The highest BCUT2D eigenvalue weighted by Gasteiger charge is 2.19. The standard InChI is InChI=1S/C16H15ClF3N/c1-9-6-11(15(20)8-14(9)19)16(21-2)7-10-12(17)4-3-5-13(10)18/h3-6,8,16,21H,7H2,1-2H3. The van der Waals surface area contributed by atoms with E-state index >= 15 is 0 Å². The number of nitrogens with one attached hydrogen (secondary N) is 1. The van der Waals surface area contributed by atoms with Crippen molar-refractivity contribution in [2.24, 2.45) is 0 Å². The molecule has 0 aliphatic heterocycles. The summed E-state index contributed by atoms with van der Waals surface area (Å²) in [5.74, 6) is -1.71. The molecule has 0 bridgehead atoms. The zero-order valence-electron chi connectivity index (χ0n) is 11.7. The van der Waals surface area contributed by atoms with Gasteiger partial charge in [-0.05, 0) is 44.2 Å². The van der Waals surface area contributed by atoms with Crippen LogP contribution in [0.3, 0.4) is 0 Å². The van der Waals surface area contributed by atoms with Gasteiger partial charge in [0.15, 0.2) is 0 Å². The minimum Gasteiger partial charge on any atom is -0.313 e. The third-order valence-corrected chi connectivity index (χ3v) is 3.83. The van der Waals surface area contributed by atoms with E-state index < -0.39 is 23.5 Å². The van der Waals surface area contributed by atoms with Crippen molar-refractivity contribution < 1.29 is 13.2 Å². The molecule has 1 unspecified atom stereocenters. The Bertz CT molecular complexity index is 638. The lowest BCUT2D eigenvalue weighted by molar-refractivity contribution is 0.509. The number of hydrogen-bond donors (Lipinski definition) is 1. The van der Waals surface area contributed by atoms with Crippen molar-refractivity contribution in [3.05, 3.63) is 69.5 Å². The van der Waals surface area contributed by atoms with Crippen LogP contribution in [0.5, 0.6) is 0 Å². The SMILES string of the molecule is CNC(Cc1c(F)cccc1Cl)c1cc(C)c(F)cc1F. The molecule has 0 aliphatic carbocycles. The topological polar surface area (TPSA) is 12.0 Å². The molecule has 0 saturated carbocycles. The summed E-state index contributed by atoms with van der Waals surface area (Å²) >= 11 is 5.99. The van der Waals surface area contributed by atoms with E-state index in [4.69, 9.17) is 11.6 Å². The van der Waals surface area contributed by atoms with E-state index in [0.29, 0.717) is 11.1 Å². The molecule has 1 N–H and O–H groups in total. The van der Waals surface area contributed by atoms with E-state index in [2.05, 4.69) is 5.32 Å². The van der Waals surface area contributed by atoms with Crippen molar-refractivity contribution in [3.63, 3.8) is 0 Å². The summed E-state index contributed by atoms with van der Waals surface area (Å²) in [7, 11) is 1.64. The largest absolute Gasteiger partial charge is 0.313 e. The molecule has 1 nitrogen and oxygen atoms in total. The molecule has 0 aromatic heterocycles. The fourth-order valence-electron chi connectivity index (χ4n) is 2.25. The minimum atomic E-state index is -0.662. The van der Waals surface area contributed by atoms with Crippen LogP contribution in [-0.2, 0) is 6.42 Å². The molecular formula is C16H15ClF3N. The Morgan fingerprint density at radius 3 is 2.43 bits per heavy atom. The van der Waals surface area contributed by atoms with Crippen molar-refractivity contribution in [1.29, 1.82) is 0 Å². The van der Waals surface area contributed by atoms with Gasteiger partial charge < -0.3 is 5.32 Å².